The third-order valence-corrected chi connectivity index (χ3v) is 7.04. The number of rotatable bonds is 6. The fourth-order valence-electron chi connectivity index (χ4n) is 3.50. The van der Waals surface area contributed by atoms with Crippen LogP contribution in [-0.4, -0.2) is 15.3 Å². The van der Waals surface area contributed by atoms with Gasteiger partial charge in [0, 0.05) is 17.2 Å². The van der Waals surface area contributed by atoms with E-state index in [1.807, 2.05) is 0 Å². The van der Waals surface area contributed by atoms with Gasteiger partial charge in [0.15, 0.2) is 5.16 Å². The summed E-state index contributed by atoms with van der Waals surface area (Å²) in [5.74, 6) is 0.986. The zero-order valence-corrected chi connectivity index (χ0v) is 16.6. The molecule has 1 aliphatic carbocycles. The summed E-state index contributed by atoms with van der Waals surface area (Å²) >= 11 is 3.36. The minimum absolute atomic E-state index is 0.0887. The van der Waals surface area contributed by atoms with Crippen LogP contribution in [0.15, 0.2) is 46.9 Å². The Kier molecular flexibility index (Phi) is 5.00. The van der Waals surface area contributed by atoms with Crippen molar-refractivity contribution in [2.24, 2.45) is 0 Å². The van der Waals surface area contributed by atoms with Crippen LogP contribution in [0.3, 0.4) is 0 Å². The molecule has 0 saturated carbocycles. The zero-order chi connectivity index (χ0) is 18.1. The smallest absolute Gasteiger partial charge is 0.263 e. The molecule has 0 spiro atoms. The van der Waals surface area contributed by atoms with E-state index in [4.69, 9.17) is 4.98 Å². The second-order valence-electron chi connectivity index (χ2n) is 6.55. The summed E-state index contributed by atoms with van der Waals surface area (Å²) in [4.78, 5) is 20.3. The molecule has 3 aromatic rings. The molecule has 2 heterocycles. The minimum atomic E-state index is 0.0887. The highest BCUT2D eigenvalue weighted by Crippen LogP contribution is 2.42. The number of aryl methyl sites for hydroxylation is 2. The fourth-order valence-corrected chi connectivity index (χ4v) is 5.92. The van der Waals surface area contributed by atoms with Crippen LogP contribution in [0.5, 0.6) is 0 Å². The van der Waals surface area contributed by atoms with Gasteiger partial charge in [0.05, 0.1) is 5.39 Å². The number of benzene rings is 1. The number of unbranched alkanes of at least 4 members (excludes halogenated alkanes) is 1. The topological polar surface area (TPSA) is 34.9 Å². The second kappa shape index (κ2) is 7.41. The van der Waals surface area contributed by atoms with E-state index in [9.17, 15) is 4.79 Å². The summed E-state index contributed by atoms with van der Waals surface area (Å²) < 4.78 is 1.79. The molecule has 26 heavy (non-hydrogen) atoms. The third kappa shape index (κ3) is 2.93. The van der Waals surface area contributed by atoms with Crippen LogP contribution in [0, 0.1) is 0 Å². The first-order chi connectivity index (χ1) is 12.7. The fraction of sp³-hybridized carbons (Fsp3) is 0.333. The van der Waals surface area contributed by atoms with Gasteiger partial charge in [0.2, 0.25) is 0 Å². The van der Waals surface area contributed by atoms with Crippen LogP contribution in [0.25, 0.3) is 20.7 Å². The van der Waals surface area contributed by atoms with Gasteiger partial charge in [-0.15, -0.1) is 17.9 Å². The summed E-state index contributed by atoms with van der Waals surface area (Å²) in [7, 11) is 0. The van der Waals surface area contributed by atoms with Gasteiger partial charge in [0.1, 0.15) is 4.83 Å². The highest BCUT2D eigenvalue weighted by Gasteiger charge is 2.24. The van der Waals surface area contributed by atoms with Crippen molar-refractivity contribution in [3.8, 4) is 10.4 Å². The Labute approximate surface area is 161 Å². The van der Waals surface area contributed by atoms with Crippen molar-refractivity contribution in [1.82, 2.24) is 9.55 Å². The molecule has 2 aromatic heterocycles. The number of thiophene rings is 1. The van der Waals surface area contributed by atoms with Gasteiger partial charge >= 0.3 is 0 Å². The molecule has 0 atom stereocenters. The number of nitrogens with zero attached hydrogens (tertiary/aromatic N) is 2. The van der Waals surface area contributed by atoms with Gasteiger partial charge in [-0.2, -0.15) is 0 Å². The molecule has 134 valence electrons. The maximum atomic E-state index is 13.3. The average Bonchev–Trinajstić information content (AvgIpc) is 3.04. The summed E-state index contributed by atoms with van der Waals surface area (Å²) in [6.07, 6.45) is 5.96. The average molecular weight is 383 g/mol. The predicted molar refractivity (Wildman–Crippen MR) is 113 cm³/mol. The normalized spacial score (nSPS) is 12.8. The molecular weight excluding hydrogens is 360 g/mol. The molecule has 0 fully saturated rings. The Bertz CT molecular complexity index is 1030. The summed E-state index contributed by atoms with van der Waals surface area (Å²) in [6.45, 7) is 6.52. The highest BCUT2D eigenvalue weighted by molar-refractivity contribution is 7.99. The quantitative estimate of drug-likeness (QED) is 0.251. The second-order valence-corrected chi connectivity index (χ2v) is 8.61. The Balaban J connectivity index is 1.91. The number of aromatic nitrogens is 2. The number of fused-ring (bicyclic) bond motifs is 5. The van der Waals surface area contributed by atoms with Crippen molar-refractivity contribution in [3.63, 3.8) is 0 Å². The lowest BCUT2D eigenvalue weighted by Gasteiger charge is -2.16. The lowest BCUT2D eigenvalue weighted by Crippen LogP contribution is -2.23. The molecule has 4 rings (SSSR count). The molecule has 0 aliphatic heterocycles. The van der Waals surface area contributed by atoms with Crippen LogP contribution in [0.1, 0.15) is 30.9 Å². The summed E-state index contributed by atoms with van der Waals surface area (Å²) in [6, 6.07) is 8.53. The highest BCUT2D eigenvalue weighted by atomic mass is 32.2. The molecule has 3 nitrogen and oxygen atoms in total. The van der Waals surface area contributed by atoms with Crippen molar-refractivity contribution in [1.29, 1.82) is 0 Å². The van der Waals surface area contributed by atoms with Crippen LogP contribution < -0.4 is 5.56 Å². The van der Waals surface area contributed by atoms with Gasteiger partial charge in [-0.1, -0.05) is 55.4 Å². The first kappa shape index (κ1) is 17.6. The van der Waals surface area contributed by atoms with E-state index < -0.39 is 0 Å². The number of hydrogen-bond donors (Lipinski definition) is 0. The standard InChI is InChI=1S/C21H22N2OS2/c1-3-5-13-25-21-22-19-17(20(24)23(21)12-4-2)16-11-10-14-8-6-7-9-15(14)18(16)26-19/h4,6-9H,2-3,5,10-13H2,1H3. The van der Waals surface area contributed by atoms with Crippen LogP contribution >= 0.6 is 23.1 Å². The molecule has 0 saturated heterocycles. The van der Waals surface area contributed by atoms with E-state index >= 15 is 0 Å². The Morgan fingerprint density at radius 2 is 2.19 bits per heavy atom. The summed E-state index contributed by atoms with van der Waals surface area (Å²) in [5, 5.41) is 1.64. The molecule has 0 amide bonds. The number of thioether (sulfide) groups is 1. The van der Waals surface area contributed by atoms with Gasteiger partial charge in [-0.25, -0.2) is 4.98 Å². The molecular formula is C21H22N2OS2. The van der Waals surface area contributed by atoms with E-state index in [-0.39, 0.29) is 5.56 Å². The zero-order valence-electron chi connectivity index (χ0n) is 15.0. The van der Waals surface area contributed by atoms with Gasteiger partial charge < -0.3 is 0 Å². The SMILES string of the molecule is C=CCn1c(SCCCC)nc2sc3c(c2c1=O)CCc1ccccc1-3. The van der Waals surface area contributed by atoms with Gasteiger partial charge in [-0.3, -0.25) is 9.36 Å². The van der Waals surface area contributed by atoms with E-state index in [0.29, 0.717) is 6.54 Å². The Morgan fingerprint density at radius 1 is 1.35 bits per heavy atom. The van der Waals surface area contributed by atoms with Crippen LogP contribution in [0.4, 0.5) is 0 Å². The van der Waals surface area contributed by atoms with Crippen molar-refractivity contribution >= 4 is 33.3 Å². The molecule has 0 unspecified atom stereocenters. The van der Waals surface area contributed by atoms with Gasteiger partial charge in [-0.05, 0) is 36.0 Å². The van der Waals surface area contributed by atoms with Crippen molar-refractivity contribution in [2.45, 2.75) is 44.3 Å². The van der Waals surface area contributed by atoms with Crippen LogP contribution in [-0.2, 0) is 19.4 Å². The maximum absolute atomic E-state index is 13.3. The third-order valence-electron chi connectivity index (χ3n) is 4.82. The lowest BCUT2D eigenvalue weighted by molar-refractivity contribution is 0.671. The maximum Gasteiger partial charge on any atom is 0.263 e. The van der Waals surface area contributed by atoms with Crippen molar-refractivity contribution in [3.05, 3.63) is 58.4 Å². The van der Waals surface area contributed by atoms with Crippen molar-refractivity contribution < 1.29 is 0 Å². The number of allylic oxidation sites excluding steroid dienone is 1. The van der Waals surface area contributed by atoms with E-state index in [2.05, 4.69) is 37.8 Å². The monoisotopic (exact) mass is 382 g/mol. The van der Waals surface area contributed by atoms with E-state index in [0.717, 1.165) is 46.8 Å². The van der Waals surface area contributed by atoms with E-state index in [1.165, 1.54) is 21.6 Å². The molecule has 1 aliphatic rings. The largest absolute Gasteiger partial charge is 0.283 e. The first-order valence-electron chi connectivity index (χ1n) is 9.12. The first-order valence-corrected chi connectivity index (χ1v) is 10.9. The molecule has 0 bridgehead atoms. The summed E-state index contributed by atoms with van der Waals surface area (Å²) in [5.41, 5.74) is 3.91. The van der Waals surface area contributed by atoms with Crippen LogP contribution in [0.2, 0.25) is 0 Å². The Morgan fingerprint density at radius 3 is 3.00 bits per heavy atom. The molecule has 1 aromatic carbocycles. The molecule has 0 radical (unpaired) electrons. The molecule has 0 N–H and O–H groups in total. The number of hydrogen-bond acceptors (Lipinski definition) is 4. The molecule has 5 heteroatoms. The van der Waals surface area contributed by atoms with Crippen molar-refractivity contribution in [2.75, 3.05) is 5.75 Å². The minimum Gasteiger partial charge on any atom is -0.283 e. The lowest BCUT2D eigenvalue weighted by atomic mass is 9.90. The van der Waals surface area contributed by atoms with E-state index in [1.54, 1.807) is 33.7 Å². The Hall–Kier alpha value is -1.85. The van der Waals surface area contributed by atoms with Gasteiger partial charge in [0.25, 0.3) is 5.56 Å². The predicted octanol–water partition coefficient (Wildman–Crippen LogP) is 5.30.